The molecule has 0 atom stereocenters. The molecule has 0 fully saturated rings. The van der Waals surface area contributed by atoms with Gasteiger partial charge in [0.1, 0.15) is 5.03 Å². The van der Waals surface area contributed by atoms with Crippen LogP contribution in [0.3, 0.4) is 0 Å². The third kappa shape index (κ3) is 2.40. The lowest BCUT2D eigenvalue weighted by molar-refractivity contribution is 0.218. The summed E-state index contributed by atoms with van der Waals surface area (Å²) in [6, 6.07) is 0. The van der Waals surface area contributed by atoms with Crippen LogP contribution in [0.2, 0.25) is 0 Å². The zero-order chi connectivity index (χ0) is 11.4. The summed E-state index contributed by atoms with van der Waals surface area (Å²) in [5.74, 6) is 0.943. The van der Waals surface area contributed by atoms with Crippen LogP contribution in [0, 0.1) is 0 Å². The average molecular weight is 257 g/mol. The summed E-state index contributed by atoms with van der Waals surface area (Å²) in [5.41, 5.74) is 1.24. The molecule has 6 heteroatoms. The van der Waals surface area contributed by atoms with Gasteiger partial charge in [0.05, 0.1) is 12.3 Å². The molecule has 2 rings (SSSR count). The second-order valence-electron chi connectivity index (χ2n) is 3.29. The van der Waals surface area contributed by atoms with Crippen molar-refractivity contribution < 1.29 is 4.74 Å². The Labute approximate surface area is 103 Å². The second kappa shape index (κ2) is 5.67. The van der Waals surface area contributed by atoms with Gasteiger partial charge in [-0.25, -0.2) is 4.98 Å². The Morgan fingerprint density at radius 2 is 2.50 bits per heavy atom. The summed E-state index contributed by atoms with van der Waals surface area (Å²) in [4.78, 5) is 5.67. The van der Waals surface area contributed by atoms with Crippen molar-refractivity contribution in [3.8, 4) is 0 Å². The van der Waals surface area contributed by atoms with Gasteiger partial charge in [-0.3, -0.25) is 4.40 Å². The Morgan fingerprint density at radius 1 is 1.62 bits per heavy atom. The largest absolute Gasteiger partial charge is 0.384 e. The first-order valence-electron chi connectivity index (χ1n) is 5.07. The molecular formula is C10H15N3OS2. The molecule has 16 heavy (non-hydrogen) atoms. The predicted molar refractivity (Wildman–Crippen MR) is 68.4 cm³/mol. The Kier molecular flexibility index (Phi) is 4.22. The molecule has 0 saturated heterocycles. The maximum absolute atomic E-state index is 5.05. The van der Waals surface area contributed by atoms with Crippen molar-refractivity contribution >= 4 is 28.1 Å². The van der Waals surface area contributed by atoms with Gasteiger partial charge < -0.3 is 10.1 Å². The molecular weight excluding hydrogens is 242 g/mol. The Bertz CT molecular complexity index is 452. The number of hydrogen-bond acceptors (Lipinski definition) is 5. The average Bonchev–Trinajstić information content (AvgIpc) is 2.83. The van der Waals surface area contributed by atoms with Crippen molar-refractivity contribution in [2.24, 2.45) is 0 Å². The minimum atomic E-state index is 0.759. The topological polar surface area (TPSA) is 38.6 Å². The molecule has 0 radical (unpaired) electrons. The minimum Gasteiger partial charge on any atom is -0.384 e. The van der Waals surface area contributed by atoms with Crippen molar-refractivity contribution in [3.05, 3.63) is 17.3 Å². The van der Waals surface area contributed by atoms with E-state index in [4.69, 9.17) is 4.74 Å². The number of fused-ring (bicyclic) bond motifs is 1. The third-order valence-electron chi connectivity index (χ3n) is 2.19. The van der Waals surface area contributed by atoms with Gasteiger partial charge in [0.15, 0.2) is 4.96 Å². The van der Waals surface area contributed by atoms with Crippen LogP contribution >= 0.6 is 23.1 Å². The number of nitrogens with one attached hydrogen (secondary N) is 1. The fraction of sp³-hybridized carbons (Fsp3) is 0.500. The molecule has 0 spiro atoms. The predicted octanol–water partition coefficient (Wildman–Crippen LogP) is 1.85. The van der Waals surface area contributed by atoms with E-state index in [0.29, 0.717) is 0 Å². The zero-order valence-electron chi connectivity index (χ0n) is 9.40. The van der Waals surface area contributed by atoms with Crippen molar-refractivity contribution in [3.63, 3.8) is 0 Å². The smallest absolute Gasteiger partial charge is 0.194 e. The highest BCUT2D eigenvalue weighted by atomic mass is 32.2. The molecule has 0 saturated carbocycles. The highest BCUT2D eigenvalue weighted by Crippen LogP contribution is 2.25. The van der Waals surface area contributed by atoms with E-state index in [9.17, 15) is 0 Å². The molecule has 2 aromatic heterocycles. The van der Waals surface area contributed by atoms with Crippen LogP contribution in [0.5, 0.6) is 0 Å². The first-order chi connectivity index (χ1) is 7.86. The van der Waals surface area contributed by atoms with Gasteiger partial charge in [0.2, 0.25) is 0 Å². The van der Waals surface area contributed by atoms with E-state index in [2.05, 4.69) is 26.3 Å². The summed E-state index contributed by atoms with van der Waals surface area (Å²) in [6.45, 7) is 1.60. The fourth-order valence-electron chi connectivity index (χ4n) is 1.48. The SMILES string of the molecule is CNCc1c(SCCOC)nc2sccn12. The molecule has 2 aromatic rings. The van der Waals surface area contributed by atoms with E-state index in [1.54, 1.807) is 30.2 Å². The molecule has 1 N–H and O–H groups in total. The van der Waals surface area contributed by atoms with Crippen molar-refractivity contribution in [2.45, 2.75) is 11.6 Å². The molecule has 0 bridgehead atoms. The number of nitrogens with zero attached hydrogens (tertiary/aromatic N) is 2. The summed E-state index contributed by atoms with van der Waals surface area (Å²) < 4.78 is 7.20. The Balaban J connectivity index is 2.20. The number of rotatable bonds is 6. The van der Waals surface area contributed by atoms with E-state index >= 15 is 0 Å². The van der Waals surface area contributed by atoms with E-state index in [0.717, 1.165) is 28.9 Å². The van der Waals surface area contributed by atoms with Crippen LogP contribution < -0.4 is 5.32 Å². The highest BCUT2D eigenvalue weighted by Gasteiger charge is 2.12. The lowest BCUT2D eigenvalue weighted by Crippen LogP contribution is -2.08. The summed E-state index contributed by atoms with van der Waals surface area (Å²) in [5, 5.41) is 6.35. The lowest BCUT2D eigenvalue weighted by atomic mass is 10.5. The number of methoxy groups -OCH3 is 1. The monoisotopic (exact) mass is 257 g/mol. The Hall–Kier alpha value is -0.560. The molecule has 0 unspecified atom stereocenters. The van der Waals surface area contributed by atoms with Crippen LogP contribution in [-0.4, -0.2) is 35.9 Å². The third-order valence-corrected chi connectivity index (χ3v) is 3.92. The quantitative estimate of drug-likeness (QED) is 0.633. The van der Waals surface area contributed by atoms with E-state index in [-0.39, 0.29) is 0 Å². The van der Waals surface area contributed by atoms with E-state index in [1.165, 1.54) is 5.69 Å². The standard InChI is InChI=1S/C10H15N3OS2/c1-11-7-8-9(15-6-4-14-2)12-10-13(8)3-5-16-10/h3,5,11H,4,6-7H2,1-2H3. The van der Waals surface area contributed by atoms with Crippen LogP contribution in [0.4, 0.5) is 0 Å². The number of thiazole rings is 1. The summed E-state index contributed by atoms with van der Waals surface area (Å²) >= 11 is 3.42. The van der Waals surface area contributed by atoms with Crippen LogP contribution in [0.25, 0.3) is 4.96 Å². The molecule has 0 aliphatic rings. The van der Waals surface area contributed by atoms with Gasteiger partial charge in [0, 0.05) is 31.0 Å². The zero-order valence-corrected chi connectivity index (χ0v) is 11.0. The van der Waals surface area contributed by atoms with Gasteiger partial charge >= 0.3 is 0 Å². The van der Waals surface area contributed by atoms with Gasteiger partial charge in [-0.1, -0.05) is 0 Å². The van der Waals surface area contributed by atoms with Crippen LogP contribution in [-0.2, 0) is 11.3 Å². The number of ether oxygens (including phenoxy) is 1. The first-order valence-corrected chi connectivity index (χ1v) is 6.94. The van der Waals surface area contributed by atoms with Crippen LogP contribution in [0.1, 0.15) is 5.69 Å². The van der Waals surface area contributed by atoms with E-state index in [1.807, 2.05) is 7.05 Å². The molecule has 4 nitrogen and oxygen atoms in total. The van der Waals surface area contributed by atoms with Crippen molar-refractivity contribution in [1.82, 2.24) is 14.7 Å². The number of imidazole rings is 1. The van der Waals surface area contributed by atoms with Gasteiger partial charge in [-0.2, -0.15) is 0 Å². The maximum Gasteiger partial charge on any atom is 0.194 e. The normalized spacial score (nSPS) is 11.4. The first kappa shape index (κ1) is 11.9. The van der Waals surface area contributed by atoms with Crippen molar-refractivity contribution in [1.29, 1.82) is 0 Å². The molecule has 0 aromatic carbocycles. The molecule has 88 valence electrons. The number of hydrogen-bond donors (Lipinski definition) is 1. The Morgan fingerprint density at radius 3 is 3.25 bits per heavy atom. The van der Waals surface area contributed by atoms with E-state index < -0.39 is 0 Å². The second-order valence-corrected chi connectivity index (χ2v) is 5.25. The van der Waals surface area contributed by atoms with Gasteiger partial charge in [-0.15, -0.1) is 23.1 Å². The summed E-state index contributed by atoms with van der Waals surface area (Å²) in [6.07, 6.45) is 2.07. The lowest BCUT2D eigenvalue weighted by Gasteiger charge is -2.02. The molecule has 0 aliphatic heterocycles. The summed E-state index contributed by atoms with van der Waals surface area (Å²) in [7, 11) is 3.68. The van der Waals surface area contributed by atoms with Crippen molar-refractivity contribution in [2.75, 3.05) is 26.5 Å². The minimum absolute atomic E-state index is 0.759. The molecule has 0 amide bonds. The highest BCUT2D eigenvalue weighted by molar-refractivity contribution is 7.99. The van der Waals surface area contributed by atoms with Crippen LogP contribution in [0.15, 0.2) is 16.6 Å². The van der Waals surface area contributed by atoms with Gasteiger partial charge in [0.25, 0.3) is 0 Å². The fourth-order valence-corrected chi connectivity index (χ4v) is 3.20. The maximum atomic E-state index is 5.05. The molecule has 2 heterocycles. The molecule has 0 aliphatic carbocycles. The number of aromatic nitrogens is 2. The van der Waals surface area contributed by atoms with Gasteiger partial charge in [-0.05, 0) is 7.05 Å². The number of thioether (sulfide) groups is 1.